The Morgan fingerprint density at radius 3 is 2.75 bits per heavy atom. The van der Waals surface area contributed by atoms with Crippen molar-refractivity contribution in [2.45, 2.75) is 13.5 Å². The Balaban J connectivity index is 1.74. The number of nitrogens with zero attached hydrogens (tertiary/aromatic N) is 2. The van der Waals surface area contributed by atoms with Crippen LogP contribution in [0.3, 0.4) is 0 Å². The number of morpholine rings is 1. The predicted octanol–water partition coefficient (Wildman–Crippen LogP) is 3.06. The van der Waals surface area contributed by atoms with Crippen LogP contribution in [0.15, 0.2) is 47.1 Å². The summed E-state index contributed by atoms with van der Waals surface area (Å²) in [5, 5.41) is 0. The summed E-state index contributed by atoms with van der Waals surface area (Å²) in [5.74, 6) is 0.0401. The van der Waals surface area contributed by atoms with E-state index < -0.39 is 0 Å². The standard InChI is InChI=1S/C19H20N2O3/c1-14-4-2-3-5-15(14)13-21-16-6-9-24-18(16)12-17(21)19(22)20-7-10-23-11-8-20/h2-6,9,12H,7-8,10-11,13H2,1H3. The fourth-order valence-electron chi connectivity index (χ4n) is 3.21. The van der Waals surface area contributed by atoms with Crippen molar-refractivity contribution < 1.29 is 13.9 Å². The average molecular weight is 324 g/mol. The molecule has 124 valence electrons. The molecule has 0 radical (unpaired) electrons. The van der Waals surface area contributed by atoms with Gasteiger partial charge in [0, 0.05) is 31.8 Å². The summed E-state index contributed by atoms with van der Waals surface area (Å²) in [6.45, 7) is 5.21. The first kappa shape index (κ1) is 15.0. The zero-order valence-corrected chi connectivity index (χ0v) is 13.7. The first-order valence-electron chi connectivity index (χ1n) is 8.22. The van der Waals surface area contributed by atoms with E-state index in [-0.39, 0.29) is 5.91 Å². The minimum absolute atomic E-state index is 0.0401. The van der Waals surface area contributed by atoms with Gasteiger partial charge in [-0.2, -0.15) is 0 Å². The smallest absolute Gasteiger partial charge is 0.270 e. The second-order valence-electron chi connectivity index (χ2n) is 6.12. The highest BCUT2D eigenvalue weighted by Crippen LogP contribution is 2.24. The summed E-state index contributed by atoms with van der Waals surface area (Å²) >= 11 is 0. The van der Waals surface area contributed by atoms with Gasteiger partial charge in [-0.3, -0.25) is 4.79 Å². The normalized spacial score (nSPS) is 15.1. The summed E-state index contributed by atoms with van der Waals surface area (Å²) in [4.78, 5) is 14.8. The minimum atomic E-state index is 0.0401. The summed E-state index contributed by atoms with van der Waals surface area (Å²) < 4.78 is 12.9. The molecular formula is C19H20N2O3. The zero-order valence-electron chi connectivity index (χ0n) is 13.7. The van der Waals surface area contributed by atoms with E-state index in [9.17, 15) is 4.79 Å². The number of amides is 1. The quantitative estimate of drug-likeness (QED) is 0.744. The Morgan fingerprint density at radius 1 is 1.17 bits per heavy atom. The van der Waals surface area contributed by atoms with Crippen LogP contribution in [0.1, 0.15) is 21.6 Å². The highest BCUT2D eigenvalue weighted by molar-refractivity contribution is 5.97. The van der Waals surface area contributed by atoms with E-state index in [0.717, 1.165) is 11.1 Å². The maximum Gasteiger partial charge on any atom is 0.270 e. The monoisotopic (exact) mass is 324 g/mol. The van der Waals surface area contributed by atoms with Gasteiger partial charge < -0.3 is 18.6 Å². The summed E-state index contributed by atoms with van der Waals surface area (Å²) in [7, 11) is 0. The van der Waals surface area contributed by atoms with Crippen molar-refractivity contribution >= 4 is 17.0 Å². The number of rotatable bonds is 3. The topological polar surface area (TPSA) is 47.6 Å². The van der Waals surface area contributed by atoms with Crippen LogP contribution in [0.5, 0.6) is 0 Å². The second-order valence-corrected chi connectivity index (χ2v) is 6.12. The van der Waals surface area contributed by atoms with Gasteiger partial charge >= 0.3 is 0 Å². The molecule has 1 amide bonds. The van der Waals surface area contributed by atoms with E-state index in [2.05, 4.69) is 23.6 Å². The molecule has 4 rings (SSSR count). The Kier molecular flexibility index (Phi) is 3.86. The van der Waals surface area contributed by atoms with Crippen LogP contribution in [0, 0.1) is 6.92 Å². The number of hydrogen-bond donors (Lipinski definition) is 0. The minimum Gasteiger partial charge on any atom is -0.463 e. The number of hydrogen-bond acceptors (Lipinski definition) is 3. The molecule has 0 saturated carbocycles. The molecule has 5 nitrogen and oxygen atoms in total. The van der Waals surface area contributed by atoms with Gasteiger partial charge in [-0.15, -0.1) is 0 Å². The van der Waals surface area contributed by atoms with Crippen LogP contribution in [0.4, 0.5) is 0 Å². The highest BCUT2D eigenvalue weighted by Gasteiger charge is 2.24. The van der Waals surface area contributed by atoms with E-state index >= 15 is 0 Å². The Bertz CT molecular complexity index is 872. The lowest BCUT2D eigenvalue weighted by Crippen LogP contribution is -2.41. The van der Waals surface area contributed by atoms with Gasteiger partial charge in [0.25, 0.3) is 5.91 Å². The fourth-order valence-corrected chi connectivity index (χ4v) is 3.21. The van der Waals surface area contributed by atoms with Gasteiger partial charge in [0.15, 0.2) is 5.58 Å². The second kappa shape index (κ2) is 6.17. The van der Waals surface area contributed by atoms with E-state index in [4.69, 9.17) is 9.15 Å². The van der Waals surface area contributed by atoms with Gasteiger partial charge in [-0.25, -0.2) is 0 Å². The van der Waals surface area contributed by atoms with Gasteiger partial charge in [0.2, 0.25) is 0 Å². The largest absolute Gasteiger partial charge is 0.463 e. The van der Waals surface area contributed by atoms with Crippen LogP contribution >= 0.6 is 0 Å². The molecule has 0 atom stereocenters. The molecule has 2 aromatic heterocycles. The molecule has 0 N–H and O–H groups in total. The molecule has 0 bridgehead atoms. The van der Waals surface area contributed by atoms with Crippen LogP contribution in [0.25, 0.3) is 11.1 Å². The Labute approximate surface area is 140 Å². The lowest BCUT2D eigenvalue weighted by atomic mass is 10.1. The van der Waals surface area contributed by atoms with E-state index in [1.54, 1.807) is 6.26 Å². The van der Waals surface area contributed by atoms with Crippen LogP contribution < -0.4 is 0 Å². The molecule has 5 heteroatoms. The SMILES string of the molecule is Cc1ccccc1Cn1c(C(=O)N2CCOCC2)cc2occc21. The van der Waals surface area contributed by atoms with Crippen molar-refractivity contribution in [3.8, 4) is 0 Å². The maximum absolute atomic E-state index is 13.0. The van der Waals surface area contributed by atoms with E-state index in [0.29, 0.717) is 38.5 Å². The number of aromatic nitrogens is 1. The molecule has 0 aliphatic carbocycles. The van der Waals surface area contributed by atoms with Crippen molar-refractivity contribution in [3.63, 3.8) is 0 Å². The molecule has 24 heavy (non-hydrogen) atoms. The third-order valence-electron chi connectivity index (χ3n) is 4.63. The maximum atomic E-state index is 13.0. The first-order chi connectivity index (χ1) is 11.7. The molecular weight excluding hydrogens is 304 g/mol. The molecule has 3 aromatic rings. The number of carbonyl (C=O) groups is 1. The lowest BCUT2D eigenvalue weighted by molar-refractivity contribution is 0.0296. The van der Waals surface area contributed by atoms with Crippen LogP contribution in [-0.4, -0.2) is 41.7 Å². The lowest BCUT2D eigenvalue weighted by Gasteiger charge is -2.27. The predicted molar refractivity (Wildman–Crippen MR) is 91.2 cm³/mol. The molecule has 3 heterocycles. The molecule has 0 spiro atoms. The number of fused-ring (bicyclic) bond motifs is 1. The van der Waals surface area contributed by atoms with E-state index in [1.807, 2.05) is 29.2 Å². The third kappa shape index (κ3) is 2.61. The average Bonchev–Trinajstić information content (AvgIpc) is 3.19. The molecule has 1 fully saturated rings. The fraction of sp³-hybridized carbons (Fsp3) is 0.316. The Hall–Kier alpha value is -2.53. The van der Waals surface area contributed by atoms with Crippen molar-refractivity contribution in [2.24, 2.45) is 0 Å². The van der Waals surface area contributed by atoms with Crippen molar-refractivity contribution in [2.75, 3.05) is 26.3 Å². The van der Waals surface area contributed by atoms with Gasteiger partial charge in [0.05, 0.1) is 25.0 Å². The molecule has 1 aliphatic heterocycles. The third-order valence-corrected chi connectivity index (χ3v) is 4.63. The van der Waals surface area contributed by atoms with Crippen molar-refractivity contribution in [1.29, 1.82) is 0 Å². The highest BCUT2D eigenvalue weighted by atomic mass is 16.5. The molecule has 1 aromatic carbocycles. The van der Waals surface area contributed by atoms with E-state index in [1.165, 1.54) is 11.1 Å². The van der Waals surface area contributed by atoms with Gasteiger partial charge in [-0.1, -0.05) is 24.3 Å². The number of carbonyl (C=O) groups excluding carboxylic acids is 1. The zero-order chi connectivity index (χ0) is 16.5. The summed E-state index contributed by atoms with van der Waals surface area (Å²) in [6.07, 6.45) is 1.67. The van der Waals surface area contributed by atoms with Gasteiger partial charge in [-0.05, 0) is 18.1 Å². The van der Waals surface area contributed by atoms with Gasteiger partial charge in [0.1, 0.15) is 5.69 Å². The van der Waals surface area contributed by atoms with Crippen LogP contribution in [0.2, 0.25) is 0 Å². The molecule has 1 saturated heterocycles. The van der Waals surface area contributed by atoms with Crippen molar-refractivity contribution in [1.82, 2.24) is 9.47 Å². The first-order valence-corrected chi connectivity index (χ1v) is 8.22. The number of furan rings is 1. The number of benzene rings is 1. The number of aryl methyl sites for hydroxylation is 1. The number of ether oxygens (including phenoxy) is 1. The molecule has 0 unspecified atom stereocenters. The summed E-state index contributed by atoms with van der Waals surface area (Å²) in [5.41, 5.74) is 4.80. The Morgan fingerprint density at radius 2 is 1.96 bits per heavy atom. The van der Waals surface area contributed by atoms with Crippen LogP contribution in [-0.2, 0) is 11.3 Å². The molecule has 1 aliphatic rings. The van der Waals surface area contributed by atoms with Crippen molar-refractivity contribution in [3.05, 3.63) is 59.5 Å². The summed E-state index contributed by atoms with van der Waals surface area (Å²) in [6, 6.07) is 12.0.